The van der Waals surface area contributed by atoms with Gasteiger partial charge in [0.05, 0.1) is 11.4 Å². The maximum Gasteiger partial charge on any atom is 0.190 e. The van der Waals surface area contributed by atoms with Crippen LogP contribution in [-0.4, -0.2) is 4.57 Å². The minimum Gasteiger partial charge on any atom is -0.319 e. The minimum atomic E-state index is 0.990. The van der Waals surface area contributed by atoms with Crippen molar-refractivity contribution in [1.82, 2.24) is 4.57 Å². The van der Waals surface area contributed by atoms with Crippen LogP contribution in [0.4, 0.5) is 5.69 Å². The third-order valence-electron chi connectivity index (χ3n) is 3.23. The van der Waals surface area contributed by atoms with Gasteiger partial charge >= 0.3 is 0 Å². The molecule has 0 aliphatic carbocycles. The van der Waals surface area contributed by atoms with Gasteiger partial charge in [-0.25, -0.2) is 4.99 Å². The Balaban J connectivity index is 2.15. The van der Waals surface area contributed by atoms with Crippen LogP contribution in [0.25, 0.3) is 11.3 Å². The Kier molecular flexibility index (Phi) is 3.52. The van der Waals surface area contributed by atoms with Crippen LogP contribution in [0.3, 0.4) is 0 Å². The molecule has 2 aromatic carbocycles. The van der Waals surface area contributed by atoms with Gasteiger partial charge in [0, 0.05) is 11.9 Å². The summed E-state index contributed by atoms with van der Waals surface area (Å²) in [5.74, 6) is 0. The molecule has 2 nitrogen and oxygen atoms in total. The van der Waals surface area contributed by atoms with E-state index in [1.807, 2.05) is 36.4 Å². The highest BCUT2D eigenvalue weighted by molar-refractivity contribution is 7.09. The van der Waals surface area contributed by atoms with E-state index in [4.69, 9.17) is 4.99 Å². The zero-order valence-corrected chi connectivity index (χ0v) is 12.4. The molecular formula is C17H16N2S. The molecule has 3 rings (SSSR count). The molecule has 0 N–H and O–H groups in total. The summed E-state index contributed by atoms with van der Waals surface area (Å²) in [5, 5.41) is 0. The Morgan fingerprint density at radius 1 is 0.900 bits per heavy atom. The fraction of sp³-hybridized carbons (Fsp3) is 0.118. The lowest BCUT2D eigenvalue weighted by molar-refractivity contribution is 0.880. The van der Waals surface area contributed by atoms with Crippen LogP contribution in [0.5, 0.6) is 0 Å². The average Bonchev–Trinajstić information content (AvgIpc) is 2.75. The van der Waals surface area contributed by atoms with Crippen LogP contribution < -0.4 is 4.80 Å². The highest BCUT2D eigenvalue weighted by Gasteiger charge is 2.09. The molecule has 3 aromatic rings. The van der Waals surface area contributed by atoms with Gasteiger partial charge < -0.3 is 4.57 Å². The monoisotopic (exact) mass is 280 g/mol. The molecule has 0 saturated heterocycles. The number of aromatic nitrogens is 1. The summed E-state index contributed by atoms with van der Waals surface area (Å²) in [6, 6.07) is 20.5. The van der Waals surface area contributed by atoms with Crippen LogP contribution in [0, 0.1) is 6.92 Å². The van der Waals surface area contributed by atoms with E-state index in [0.29, 0.717) is 0 Å². The highest BCUT2D eigenvalue weighted by Crippen LogP contribution is 2.24. The van der Waals surface area contributed by atoms with Crippen molar-refractivity contribution in [2.75, 3.05) is 0 Å². The number of para-hydroxylation sites is 1. The van der Waals surface area contributed by atoms with Crippen LogP contribution in [-0.2, 0) is 7.05 Å². The summed E-state index contributed by atoms with van der Waals surface area (Å²) in [6.07, 6.45) is 0. The predicted molar refractivity (Wildman–Crippen MR) is 85.1 cm³/mol. The summed E-state index contributed by atoms with van der Waals surface area (Å²) in [7, 11) is 2.08. The highest BCUT2D eigenvalue weighted by atomic mass is 32.1. The van der Waals surface area contributed by atoms with Crippen molar-refractivity contribution >= 4 is 17.0 Å². The van der Waals surface area contributed by atoms with E-state index >= 15 is 0 Å². The average molecular weight is 280 g/mol. The Morgan fingerprint density at radius 3 is 2.15 bits per heavy atom. The molecule has 0 saturated carbocycles. The van der Waals surface area contributed by atoms with Crippen LogP contribution in [0.2, 0.25) is 0 Å². The molecule has 0 unspecified atom stereocenters. The van der Waals surface area contributed by atoms with E-state index in [9.17, 15) is 0 Å². The Labute approximate surface area is 122 Å². The third-order valence-corrected chi connectivity index (χ3v) is 4.28. The summed E-state index contributed by atoms with van der Waals surface area (Å²) < 4.78 is 2.17. The molecule has 0 spiro atoms. The molecule has 0 fully saturated rings. The lowest BCUT2D eigenvalue weighted by atomic mass is 10.1. The predicted octanol–water partition coefficient (Wildman–Crippen LogP) is 4.29. The minimum absolute atomic E-state index is 0.990. The van der Waals surface area contributed by atoms with Crippen LogP contribution in [0.15, 0.2) is 65.7 Å². The third kappa shape index (κ3) is 2.45. The lowest BCUT2D eigenvalue weighted by Crippen LogP contribution is -2.10. The van der Waals surface area contributed by atoms with Crippen LogP contribution >= 0.6 is 11.3 Å². The molecule has 0 atom stereocenters. The van der Waals surface area contributed by atoms with Crippen molar-refractivity contribution in [3.8, 4) is 11.3 Å². The second-order valence-corrected chi connectivity index (χ2v) is 5.84. The van der Waals surface area contributed by atoms with Crippen LogP contribution in [0.1, 0.15) is 4.88 Å². The van der Waals surface area contributed by atoms with Crippen molar-refractivity contribution in [3.63, 3.8) is 0 Å². The summed E-state index contributed by atoms with van der Waals surface area (Å²) in [6.45, 7) is 2.15. The fourth-order valence-electron chi connectivity index (χ4n) is 2.29. The smallest absolute Gasteiger partial charge is 0.190 e. The van der Waals surface area contributed by atoms with Gasteiger partial charge in [0.15, 0.2) is 4.80 Å². The molecule has 0 radical (unpaired) electrons. The fourth-order valence-corrected chi connectivity index (χ4v) is 3.29. The van der Waals surface area contributed by atoms with E-state index in [0.717, 1.165) is 10.5 Å². The number of hydrogen-bond donors (Lipinski definition) is 0. The van der Waals surface area contributed by atoms with Gasteiger partial charge in [0.25, 0.3) is 0 Å². The van der Waals surface area contributed by atoms with E-state index in [2.05, 4.69) is 42.8 Å². The van der Waals surface area contributed by atoms with E-state index in [1.54, 1.807) is 11.3 Å². The number of nitrogens with zero attached hydrogens (tertiary/aromatic N) is 2. The van der Waals surface area contributed by atoms with Crippen molar-refractivity contribution < 1.29 is 0 Å². The Morgan fingerprint density at radius 2 is 1.50 bits per heavy atom. The van der Waals surface area contributed by atoms with Gasteiger partial charge in [-0.1, -0.05) is 48.5 Å². The first-order valence-electron chi connectivity index (χ1n) is 6.57. The van der Waals surface area contributed by atoms with E-state index in [-0.39, 0.29) is 0 Å². The van der Waals surface area contributed by atoms with Crippen molar-refractivity contribution in [3.05, 3.63) is 70.3 Å². The molecule has 0 bridgehead atoms. The standard InChI is InChI=1S/C17H16N2S/c1-13-16(14-9-5-3-6-10-14)19(2)17(20-13)18-15-11-7-4-8-12-15/h3-12H,1-2H3. The zero-order chi connectivity index (χ0) is 13.9. The molecule has 1 heterocycles. The molecule has 0 amide bonds. The van der Waals surface area contributed by atoms with Crippen molar-refractivity contribution in [2.24, 2.45) is 12.0 Å². The van der Waals surface area contributed by atoms with Gasteiger partial charge in [-0.3, -0.25) is 0 Å². The second kappa shape index (κ2) is 5.47. The molecule has 0 aliphatic heterocycles. The van der Waals surface area contributed by atoms with Gasteiger partial charge in [0.1, 0.15) is 0 Å². The molecule has 20 heavy (non-hydrogen) atoms. The van der Waals surface area contributed by atoms with Gasteiger partial charge in [0.2, 0.25) is 0 Å². The van der Waals surface area contributed by atoms with Crippen molar-refractivity contribution in [1.29, 1.82) is 0 Å². The zero-order valence-electron chi connectivity index (χ0n) is 11.6. The van der Waals surface area contributed by atoms with Gasteiger partial charge in [-0.05, 0) is 24.6 Å². The number of benzene rings is 2. The first-order valence-corrected chi connectivity index (χ1v) is 7.39. The SMILES string of the molecule is Cc1sc(=Nc2ccccc2)n(C)c1-c1ccccc1. The molecule has 100 valence electrons. The summed E-state index contributed by atoms with van der Waals surface area (Å²) >= 11 is 1.73. The van der Waals surface area contributed by atoms with Gasteiger partial charge in [-0.2, -0.15) is 0 Å². The number of hydrogen-bond acceptors (Lipinski definition) is 2. The molecule has 3 heteroatoms. The quantitative estimate of drug-likeness (QED) is 0.666. The van der Waals surface area contributed by atoms with Gasteiger partial charge in [-0.15, -0.1) is 11.3 Å². The largest absolute Gasteiger partial charge is 0.319 e. The Hall–Kier alpha value is -2.13. The molecule has 1 aromatic heterocycles. The maximum atomic E-state index is 4.73. The second-order valence-electron chi connectivity index (χ2n) is 4.66. The van der Waals surface area contributed by atoms with E-state index in [1.165, 1.54) is 16.1 Å². The summed E-state index contributed by atoms with van der Waals surface area (Å²) in [4.78, 5) is 7.04. The topological polar surface area (TPSA) is 17.3 Å². The summed E-state index contributed by atoms with van der Waals surface area (Å²) in [5.41, 5.74) is 3.47. The van der Waals surface area contributed by atoms with Crippen molar-refractivity contribution in [2.45, 2.75) is 6.92 Å². The lowest BCUT2D eigenvalue weighted by Gasteiger charge is -2.04. The molecule has 0 aliphatic rings. The Bertz CT molecular complexity index is 768. The first kappa shape index (κ1) is 12.9. The normalized spacial score (nSPS) is 11.8. The number of thiazole rings is 1. The first-order chi connectivity index (χ1) is 9.75. The maximum absolute atomic E-state index is 4.73. The molecular weight excluding hydrogens is 264 g/mol. The van der Waals surface area contributed by atoms with E-state index < -0.39 is 0 Å². The number of aryl methyl sites for hydroxylation is 1. The number of rotatable bonds is 2.